The largest absolute Gasteiger partial charge is 0.497 e. The lowest BCUT2D eigenvalue weighted by Crippen LogP contribution is -2.29. The molecule has 5 heteroatoms. The molecule has 0 heterocycles. The van der Waals surface area contributed by atoms with Gasteiger partial charge in [0, 0.05) is 12.6 Å². The summed E-state index contributed by atoms with van der Waals surface area (Å²) in [6, 6.07) is 14.7. The van der Waals surface area contributed by atoms with Crippen LogP contribution < -0.4 is 15.4 Å². The Kier molecular flexibility index (Phi) is 6.57. The molecule has 0 spiro atoms. The van der Waals surface area contributed by atoms with Gasteiger partial charge in [0.2, 0.25) is 11.8 Å². The zero-order valence-electron chi connectivity index (χ0n) is 14.8. The predicted molar refractivity (Wildman–Crippen MR) is 98.6 cm³/mol. The van der Waals surface area contributed by atoms with Crippen LogP contribution in [-0.2, 0) is 16.0 Å². The molecule has 1 atom stereocenters. The lowest BCUT2D eigenvalue weighted by molar-refractivity contribution is -0.120. The number of aryl methyl sites for hydroxylation is 1. The predicted octanol–water partition coefficient (Wildman–Crippen LogP) is 3.46. The van der Waals surface area contributed by atoms with E-state index in [4.69, 9.17) is 4.74 Å². The smallest absolute Gasteiger partial charge is 0.226 e. The van der Waals surface area contributed by atoms with Crippen LogP contribution in [0.2, 0.25) is 0 Å². The highest BCUT2D eigenvalue weighted by Crippen LogP contribution is 2.21. The first-order valence-corrected chi connectivity index (χ1v) is 8.31. The van der Waals surface area contributed by atoms with Gasteiger partial charge in [-0.05, 0) is 41.8 Å². The fourth-order valence-corrected chi connectivity index (χ4v) is 2.55. The summed E-state index contributed by atoms with van der Waals surface area (Å²) in [5.41, 5.74) is 2.82. The zero-order chi connectivity index (χ0) is 18.2. The first-order chi connectivity index (χ1) is 12.0. The van der Waals surface area contributed by atoms with E-state index in [9.17, 15) is 9.59 Å². The standard InChI is InChI=1S/C20H24N2O3/c1-4-15-5-9-17(10-6-15)22-20(24)13-19(21-14(2)23)16-7-11-18(25-3)12-8-16/h5-12,19H,4,13H2,1-3H3,(H,21,23)(H,22,24). The van der Waals surface area contributed by atoms with Gasteiger partial charge in [-0.2, -0.15) is 0 Å². The molecule has 0 aliphatic rings. The molecule has 1 unspecified atom stereocenters. The lowest BCUT2D eigenvalue weighted by atomic mass is 10.0. The monoisotopic (exact) mass is 340 g/mol. The molecule has 2 rings (SSSR count). The van der Waals surface area contributed by atoms with Gasteiger partial charge >= 0.3 is 0 Å². The van der Waals surface area contributed by atoms with E-state index in [1.165, 1.54) is 12.5 Å². The van der Waals surface area contributed by atoms with Gasteiger partial charge in [-0.3, -0.25) is 9.59 Å². The third-order valence-corrected chi connectivity index (χ3v) is 3.93. The molecule has 2 aromatic carbocycles. The fraction of sp³-hybridized carbons (Fsp3) is 0.300. The summed E-state index contributed by atoms with van der Waals surface area (Å²) in [5.74, 6) is 0.394. The molecule has 0 saturated carbocycles. The molecule has 132 valence electrons. The SMILES string of the molecule is CCc1ccc(NC(=O)CC(NC(C)=O)c2ccc(OC)cc2)cc1. The van der Waals surface area contributed by atoms with Crippen molar-refractivity contribution in [2.45, 2.75) is 32.7 Å². The summed E-state index contributed by atoms with van der Waals surface area (Å²) in [6.45, 7) is 3.53. The number of anilines is 1. The van der Waals surface area contributed by atoms with Gasteiger partial charge in [0.1, 0.15) is 5.75 Å². The number of nitrogens with one attached hydrogen (secondary N) is 2. The maximum atomic E-state index is 12.4. The molecule has 0 aliphatic carbocycles. The number of benzene rings is 2. The van der Waals surface area contributed by atoms with Crippen LogP contribution >= 0.6 is 0 Å². The number of carbonyl (C=O) groups is 2. The second-order valence-corrected chi connectivity index (χ2v) is 5.83. The summed E-state index contributed by atoms with van der Waals surface area (Å²) in [5, 5.41) is 5.70. The maximum absolute atomic E-state index is 12.4. The molecule has 25 heavy (non-hydrogen) atoms. The number of hydrogen-bond donors (Lipinski definition) is 2. The van der Waals surface area contributed by atoms with Crippen LogP contribution in [0.4, 0.5) is 5.69 Å². The molecule has 2 N–H and O–H groups in total. The van der Waals surface area contributed by atoms with Crippen molar-refractivity contribution in [2.75, 3.05) is 12.4 Å². The normalized spacial score (nSPS) is 11.5. The van der Waals surface area contributed by atoms with E-state index >= 15 is 0 Å². The Morgan fingerprint density at radius 3 is 2.20 bits per heavy atom. The minimum Gasteiger partial charge on any atom is -0.497 e. The highest BCUT2D eigenvalue weighted by Gasteiger charge is 2.17. The van der Waals surface area contributed by atoms with E-state index in [2.05, 4.69) is 17.6 Å². The van der Waals surface area contributed by atoms with E-state index in [0.29, 0.717) is 0 Å². The Morgan fingerprint density at radius 2 is 1.68 bits per heavy atom. The fourth-order valence-electron chi connectivity index (χ4n) is 2.55. The summed E-state index contributed by atoms with van der Waals surface area (Å²) in [4.78, 5) is 23.9. The van der Waals surface area contributed by atoms with Gasteiger partial charge in [0.25, 0.3) is 0 Å². The first-order valence-electron chi connectivity index (χ1n) is 8.31. The van der Waals surface area contributed by atoms with Gasteiger partial charge in [-0.15, -0.1) is 0 Å². The number of amides is 2. The molecule has 0 fully saturated rings. The van der Waals surface area contributed by atoms with E-state index in [-0.39, 0.29) is 18.2 Å². The Morgan fingerprint density at radius 1 is 1.04 bits per heavy atom. The Bertz CT molecular complexity index is 709. The summed E-state index contributed by atoms with van der Waals surface area (Å²) < 4.78 is 5.14. The third kappa shape index (κ3) is 5.64. The van der Waals surface area contributed by atoms with Gasteiger partial charge < -0.3 is 15.4 Å². The summed E-state index contributed by atoms with van der Waals surface area (Å²) >= 11 is 0. The van der Waals surface area contributed by atoms with Crippen molar-refractivity contribution in [1.82, 2.24) is 5.32 Å². The van der Waals surface area contributed by atoms with E-state index in [0.717, 1.165) is 23.4 Å². The van der Waals surface area contributed by atoms with Crippen molar-refractivity contribution >= 4 is 17.5 Å². The highest BCUT2D eigenvalue weighted by atomic mass is 16.5. The van der Waals surface area contributed by atoms with Crippen molar-refractivity contribution in [3.8, 4) is 5.75 Å². The van der Waals surface area contributed by atoms with Crippen LogP contribution in [0.1, 0.15) is 37.4 Å². The van der Waals surface area contributed by atoms with Crippen molar-refractivity contribution < 1.29 is 14.3 Å². The van der Waals surface area contributed by atoms with E-state index in [1.54, 1.807) is 7.11 Å². The molecule has 2 amide bonds. The summed E-state index contributed by atoms with van der Waals surface area (Å²) in [7, 11) is 1.59. The van der Waals surface area contributed by atoms with Crippen molar-refractivity contribution in [3.05, 3.63) is 59.7 Å². The second-order valence-electron chi connectivity index (χ2n) is 5.83. The molecule has 2 aromatic rings. The van der Waals surface area contributed by atoms with E-state index in [1.807, 2.05) is 48.5 Å². The molecule has 5 nitrogen and oxygen atoms in total. The summed E-state index contributed by atoms with van der Waals surface area (Å²) in [6.07, 6.45) is 1.11. The molecule has 0 bridgehead atoms. The van der Waals surface area contributed by atoms with Crippen molar-refractivity contribution in [2.24, 2.45) is 0 Å². The van der Waals surface area contributed by atoms with Crippen molar-refractivity contribution in [1.29, 1.82) is 0 Å². The van der Waals surface area contributed by atoms with Gasteiger partial charge in [-0.1, -0.05) is 31.2 Å². The molecule has 0 aromatic heterocycles. The average Bonchev–Trinajstić information content (AvgIpc) is 2.61. The Hall–Kier alpha value is -2.82. The van der Waals surface area contributed by atoms with Gasteiger partial charge in [-0.25, -0.2) is 0 Å². The number of hydrogen-bond acceptors (Lipinski definition) is 3. The second kappa shape index (κ2) is 8.87. The van der Waals surface area contributed by atoms with Gasteiger partial charge in [0.15, 0.2) is 0 Å². The number of ether oxygens (including phenoxy) is 1. The number of rotatable bonds is 7. The lowest BCUT2D eigenvalue weighted by Gasteiger charge is -2.18. The van der Waals surface area contributed by atoms with Crippen LogP contribution in [0.25, 0.3) is 0 Å². The van der Waals surface area contributed by atoms with Crippen LogP contribution in [-0.4, -0.2) is 18.9 Å². The minimum absolute atomic E-state index is 0.154. The molecular weight excluding hydrogens is 316 g/mol. The van der Waals surface area contributed by atoms with Crippen LogP contribution in [0, 0.1) is 0 Å². The zero-order valence-corrected chi connectivity index (χ0v) is 14.8. The minimum atomic E-state index is -0.390. The number of carbonyl (C=O) groups excluding carboxylic acids is 2. The highest BCUT2D eigenvalue weighted by molar-refractivity contribution is 5.91. The third-order valence-electron chi connectivity index (χ3n) is 3.93. The molecule has 0 aliphatic heterocycles. The molecule has 0 saturated heterocycles. The topological polar surface area (TPSA) is 67.4 Å². The Balaban J connectivity index is 2.06. The van der Waals surface area contributed by atoms with Crippen molar-refractivity contribution in [3.63, 3.8) is 0 Å². The quantitative estimate of drug-likeness (QED) is 0.811. The number of methoxy groups -OCH3 is 1. The molecule has 0 radical (unpaired) electrons. The van der Waals surface area contributed by atoms with Crippen LogP contribution in [0.3, 0.4) is 0 Å². The first kappa shape index (κ1) is 18.5. The Labute approximate surface area is 148 Å². The molecular formula is C20H24N2O3. The van der Waals surface area contributed by atoms with Crippen LogP contribution in [0.5, 0.6) is 5.75 Å². The van der Waals surface area contributed by atoms with Crippen LogP contribution in [0.15, 0.2) is 48.5 Å². The van der Waals surface area contributed by atoms with Gasteiger partial charge in [0.05, 0.1) is 19.6 Å². The maximum Gasteiger partial charge on any atom is 0.226 e. The average molecular weight is 340 g/mol. The van der Waals surface area contributed by atoms with E-state index < -0.39 is 6.04 Å².